The molecule has 4 atom stereocenters. The van der Waals surface area contributed by atoms with Crippen LogP contribution in [0.15, 0.2) is 11.1 Å². The number of aromatic nitrogens is 4. The number of hydrogen-bond donors (Lipinski definition) is 3. The fourth-order valence-electron chi connectivity index (χ4n) is 2.98. The first-order chi connectivity index (χ1) is 11.6. The Labute approximate surface area is 138 Å². The lowest BCUT2D eigenvalue weighted by Gasteiger charge is -2.22. The zero-order valence-electron chi connectivity index (χ0n) is 13.6. The molecule has 0 saturated carbocycles. The van der Waals surface area contributed by atoms with Crippen molar-refractivity contribution in [3.8, 4) is 0 Å². The van der Waals surface area contributed by atoms with Crippen LogP contribution >= 0.6 is 0 Å². The molecule has 4 unspecified atom stereocenters. The third-order valence-electron chi connectivity index (χ3n) is 4.25. The molecule has 1 saturated heterocycles. The van der Waals surface area contributed by atoms with Crippen molar-refractivity contribution in [3.63, 3.8) is 0 Å². The van der Waals surface area contributed by atoms with Gasteiger partial charge in [0.2, 0.25) is 5.95 Å². The number of H-pyrrole nitrogens is 1. The average molecular weight is 338 g/mol. The molecule has 1 aliphatic heterocycles. The lowest BCUT2D eigenvalue weighted by Crippen LogP contribution is -2.31. The standard InChI is InChI=1S/C14H22N6O4/c1-7-8(5-15)24-13(10(7)23-4-3-22-2)20-6-17-9-11(20)18-14(16)19-12(9)21/h6-8,10,13H,3-5,15H2,1-2H3,(H3,16,18,19,21). The summed E-state index contributed by atoms with van der Waals surface area (Å²) in [5.74, 6) is 0.0844. The van der Waals surface area contributed by atoms with Gasteiger partial charge in [0.15, 0.2) is 17.4 Å². The van der Waals surface area contributed by atoms with Crippen LogP contribution in [0.3, 0.4) is 0 Å². The third kappa shape index (κ3) is 2.88. The first-order valence-electron chi connectivity index (χ1n) is 7.75. The highest BCUT2D eigenvalue weighted by Crippen LogP contribution is 2.36. The number of imidazole rings is 1. The molecular weight excluding hydrogens is 316 g/mol. The van der Waals surface area contributed by atoms with Crippen molar-refractivity contribution in [3.05, 3.63) is 16.7 Å². The molecule has 2 aromatic heterocycles. The van der Waals surface area contributed by atoms with E-state index in [0.29, 0.717) is 25.4 Å². The fraction of sp³-hybridized carbons (Fsp3) is 0.643. The van der Waals surface area contributed by atoms with E-state index in [1.165, 1.54) is 6.33 Å². The molecule has 3 heterocycles. The van der Waals surface area contributed by atoms with Crippen molar-refractivity contribution < 1.29 is 14.2 Å². The van der Waals surface area contributed by atoms with Gasteiger partial charge in [-0.15, -0.1) is 0 Å². The Bertz CT molecular complexity index is 759. The predicted octanol–water partition coefficient (Wildman–Crippen LogP) is -0.774. The van der Waals surface area contributed by atoms with Gasteiger partial charge in [-0.25, -0.2) is 4.98 Å². The smallest absolute Gasteiger partial charge is 0.280 e. The zero-order valence-corrected chi connectivity index (χ0v) is 13.6. The molecule has 0 radical (unpaired) electrons. The second-order valence-corrected chi connectivity index (χ2v) is 5.76. The van der Waals surface area contributed by atoms with Gasteiger partial charge in [0.05, 0.1) is 25.6 Å². The molecule has 0 spiro atoms. The maximum atomic E-state index is 11.9. The maximum Gasteiger partial charge on any atom is 0.280 e. The molecular formula is C14H22N6O4. The molecule has 10 heteroatoms. The lowest BCUT2D eigenvalue weighted by atomic mass is 10.0. The van der Waals surface area contributed by atoms with Gasteiger partial charge in [0.1, 0.15) is 6.10 Å². The van der Waals surface area contributed by atoms with E-state index in [4.69, 9.17) is 25.7 Å². The Morgan fingerprint density at radius 1 is 1.46 bits per heavy atom. The highest BCUT2D eigenvalue weighted by atomic mass is 16.6. The summed E-state index contributed by atoms with van der Waals surface area (Å²) in [7, 11) is 1.61. The highest BCUT2D eigenvalue weighted by molar-refractivity contribution is 5.70. The summed E-state index contributed by atoms with van der Waals surface area (Å²) in [5.41, 5.74) is 11.6. The number of nitrogen functional groups attached to an aromatic ring is 1. The van der Waals surface area contributed by atoms with Gasteiger partial charge in [-0.2, -0.15) is 4.98 Å². The Balaban J connectivity index is 1.97. The lowest BCUT2D eigenvalue weighted by molar-refractivity contribution is -0.0695. The van der Waals surface area contributed by atoms with Crippen LogP contribution in [0.25, 0.3) is 11.2 Å². The molecule has 10 nitrogen and oxygen atoms in total. The van der Waals surface area contributed by atoms with Gasteiger partial charge < -0.3 is 25.7 Å². The van der Waals surface area contributed by atoms with Crippen LogP contribution < -0.4 is 17.0 Å². The number of nitrogens with two attached hydrogens (primary N) is 2. The van der Waals surface area contributed by atoms with E-state index in [1.807, 2.05) is 6.92 Å². The van der Waals surface area contributed by atoms with Crippen LogP contribution in [0.4, 0.5) is 5.95 Å². The molecule has 5 N–H and O–H groups in total. The monoisotopic (exact) mass is 338 g/mol. The summed E-state index contributed by atoms with van der Waals surface area (Å²) in [4.78, 5) is 22.7. The molecule has 24 heavy (non-hydrogen) atoms. The minimum atomic E-state index is -0.496. The second-order valence-electron chi connectivity index (χ2n) is 5.76. The van der Waals surface area contributed by atoms with E-state index < -0.39 is 11.8 Å². The molecule has 2 aromatic rings. The summed E-state index contributed by atoms with van der Waals surface area (Å²) in [6.45, 7) is 3.28. The van der Waals surface area contributed by atoms with Gasteiger partial charge in [-0.05, 0) is 0 Å². The number of nitrogens with one attached hydrogen (secondary N) is 1. The van der Waals surface area contributed by atoms with E-state index >= 15 is 0 Å². The third-order valence-corrected chi connectivity index (χ3v) is 4.25. The number of methoxy groups -OCH3 is 1. The van der Waals surface area contributed by atoms with Crippen molar-refractivity contribution in [2.75, 3.05) is 32.6 Å². The Morgan fingerprint density at radius 2 is 2.25 bits per heavy atom. The van der Waals surface area contributed by atoms with Crippen LogP contribution in [0.1, 0.15) is 13.2 Å². The van der Waals surface area contributed by atoms with Crippen LogP contribution in [-0.2, 0) is 14.2 Å². The van der Waals surface area contributed by atoms with E-state index in [0.717, 1.165) is 0 Å². The second kappa shape index (κ2) is 6.85. The SMILES string of the molecule is COCCOC1C(C)C(CN)OC1n1cnc2c(=O)[nH]c(N)nc21. The van der Waals surface area contributed by atoms with E-state index in [-0.39, 0.29) is 29.6 Å². The van der Waals surface area contributed by atoms with Gasteiger partial charge in [0.25, 0.3) is 5.56 Å². The van der Waals surface area contributed by atoms with Crippen LogP contribution in [0.5, 0.6) is 0 Å². The Hall–Kier alpha value is -2.01. The summed E-state index contributed by atoms with van der Waals surface area (Å²) < 4.78 is 18.7. The number of nitrogens with zero attached hydrogens (tertiary/aromatic N) is 3. The normalized spacial score (nSPS) is 27.1. The van der Waals surface area contributed by atoms with Crippen LogP contribution in [0, 0.1) is 5.92 Å². The van der Waals surface area contributed by atoms with Crippen LogP contribution in [-0.4, -0.2) is 58.6 Å². The Morgan fingerprint density at radius 3 is 2.96 bits per heavy atom. The minimum absolute atomic E-state index is 0.0209. The number of anilines is 1. The summed E-state index contributed by atoms with van der Waals surface area (Å²) in [6, 6.07) is 0. The van der Waals surface area contributed by atoms with E-state index in [2.05, 4.69) is 15.0 Å². The number of hydrogen-bond acceptors (Lipinski definition) is 8. The molecule has 0 aromatic carbocycles. The fourth-order valence-corrected chi connectivity index (χ4v) is 2.98. The van der Waals surface area contributed by atoms with Gasteiger partial charge in [-0.3, -0.25) is 14.3 Å². The van der Waals surface area contributed by atoms with Crippen molar-refractivity contribution in [2.45, 2.75) is 25.4 Å². The quantitative estimate of drug-likeness (QED) is 0.582. The van der Waals surface area contributed by atoms with Gasteiger partial charge >= 0.3 is 0 Å². The summed E-state index contributed by atoms with van der Waals surface area (Å²) in [6.07, 6.45) is 0.576. The van der Waals surface area contributed by atoms with Crippen molar-refractivity contribution in [2.24, 2.45) is 11.7 Å². The van der Waals surface area contributed by atoms with Gasteiger partial charge in [0, 0.05) is 19.6 Å². The maximum absolute atomic E-state index is 11.9. The van der Waals surface area contributed by atoms with Crippen molar-refractivity contribution in [1.82, 2.24) is 19.5 Å². The largest absolute Gasteiger partial charge is 0.382 e. The summed E-state index contributed by atoms with van der Waals surface area (Å²) in [5, 5.41) is 0. The van der Waals surface area contributed by atoms with Crippen LogP contribution in [0.2, 0.25) is 0 Å². The molecule has 0 amide bonds. The molecule has 0 bridgehead atoms. The molecule has 3 rings (SSSR count). The van der Waals surface area contributed by atoms with Gasteiger partial charge in [-0.1, -0.05) is 6.92 Å². The molecule has 1 aliphatic rings. The number of aromatic amines is 1. The minimum Gasteiger partial charge on any atom is -0.382 e. The number of fused-ring (bicyclic) bond motifs is 1. The predicted molar refractivity (Wildman–Crippen MR) is 86.3 cm³/mol. The van der Waals surface area contributed by atoms with Crippen molar-refractivity contribution >= 4 is 17.1 Å². The topological polar surface area (TPSA) is 143 Å². The molecule has 132 valence electrons. The van der Waals surface area contributed by atoms with Crippen molar-refractivity contribution in [1.29, 1.82) is 0 Å². The highest BCUT2D eigenvalue weighted by Gasteiger charge is 2.43. The summed E-state index contributed by atoms with van der Waals surface area (Å²) >= 11 is 0. The first-order valence-corrected chi connectivity index (χ1v) is 7.75. The number of ether oxygens (including phenoxy) is 3. The number of rotatable bonds is 6. The average Bonchev–Trinajstić information content (AvgIpc) is 3.09. The van der Waals surface area contributed by atoms with E-state index in [1.54, 1.807) is 11.7 Å². The zero-order chi connectivity index (χ0) is 17.3. The Kier molecular flexibility index (Phi) is 4.81. The molecule has 0 aliphatic carbocycles. The van der Waals surface area contributed by atoms with E-state index in [9.17, 15) is 4.79 Å². The molecule has 1 fully saturated rings. The first kappa shape index (κ1) is 16.8.